The van der Waals surface area contributed by atoms with Crippen molar-refractivity contribution in [3.05, 3.63) is 106 Å². The first-order valence-corrected chi connectivity index (χ1v) is 9.22. The molecule has 1 heterocycles. The van der Waals surface area contributed by atoms with Crippen molar-refractivity contribution in [2.24, 2.45) is 0 Å². The highest BCUT2D eigenvalue weighted by Gasteiger charge is 2.46. The number of anilines is 1. The van der Waals surface area contributed by atoms with Crippen LogP contribution in [-0.4, -0.2) is 16.8 Å². The third kappa shape index (κ3) is 3.41. The highest BCUT2D eigenvalue weighted by molar-refractivity contribution is 6.51. The number of hydrogen-bond donors (Lipinski definition) is 1. The Bertz CT molecular complexity index is 1110. The average Bonchev–Trinajstić information content (AvgIpc) is 3.00. The highest BCUT2D eigenvalue weighted by Crippen LogP contribution is 2.42. The monoisotopic (exact) mass is 407 g/mol. The van der Waals surface area contributed by atoms with Crippen molar-refractivity contribution < 1.29 is 19.1 Å². The summed E-state index contributed by atoms with van der Waals surface area (Å²) in [6, 6.07) is 19.6. The van der Waals surface area contributed by atoms with E-state index in [1.807, 2.05) is 0 Å². The van der Waals surface area contributed by atoms with E-state index in [9.17, 15) is 19.1 Å². The lowest BCUT2D eigenvalue weighted by Gasteiger charge is -2.25. The van der Waals surface area contributed by atoms with Gasteiger partial charge in [-0.1, -0.05) is 54.1 Å². The summed E-state index contributed by atoms with van der Waals surface area (Å²) < 4.78 is 13.4. The third-order valence-electron chi connectivity index (χ3n) is 4.78. The normalized spacial score (nSPS) is 18.3. The topological polar surface area (TPSA) is 57.6 Å². The molecule has 0 bridgehead atoms. The summed E-state index contributed by atoms with van der Waals surface area (Å²) in [5, 5.41) is 11.4. The minimum absolute atomic E-state index is 0.0344. The summed E-state index contributed by atoms with van der Waals surface area (Å²) in [5.74, 6) is -2.34. The largest absolute Gasteiger partial charge is 0.507 e. The van der Waals surface area contributed by atoms with Gasteiger partial charge in [0.2, 0.25) is 0 Å². The van der Waals surface area contributed by atoms with E-state index in [1.54, 1.807) is 54.6 Å². The fourth-order valence-electron chi connectivity index (χ4n) is 3.41. The molecular formula is C23H15ClFNO3. The standard InChI is InChI=1S/C23H15ClFNO3/c24-16-8-6-14(7-9-16)20-19(21(27)15-4-2-1-3-5-15)22(28)23(29)26(20)18-12-10-17(25)11-13-18/h1-13,20,27H/t20-/m1/s1. The lowest BCUT2D eigenvalue weighted by molar-refractivity contribution is -0.132. The SMILES string of the molecule is O=C1C(=O)N(c2ccc(F)cc2)[C@H](c2ccc(Cl)cc2)C1=C(O)c1ccccc1. The number of Topliss-reactive ketones (excluding diaryl/α,β-unsaturated/α-hetero) is 1. The second kappa shape index (κ2) is 7.53. The number of amides is 1. The van der Waals surface area contributed by atoms with Crippen molar-refractivity contribution in [2.75, 3.05) is 4.90 Å². The van der Waals surface area contributed by atoms with Crippen molar-refractivity contribution in [1.82, 2.24) is 0 Å². The number of benzene rings is 3. The molecule has 1 atom stereocenters. The number of nitrogens with zero attached hydrogens (tertiary/aromatic N) is 1. The maximum absolute atomic E-state index is 13.4. The van der Waals surface area contributed by atoms with E-state index in [2.05, 4.69) is 0 Å². The van der Waals surface area contributed by atoms with Crippen LogP contribution < -0.4 is 4.90 Å². The predicted molar refractivity (Wildman–Crippen MR) is 109 cm³/mol. The molecule has 29 heavy (non-hydrogen) atoms. The number of aliphatic hydroxyl groups is 1. The van der Waals surface area contributed by atoms with Crippen LogP contribution >= 0.6 is 11.6 Å². The first kappa shape index (κ1) is 18.9. The molecule has 4 nitrogen and oxygen atoms in total. The number of aliphatic hydroxyl groups excluding tert-OH is 1. The molecule has 0 aliphatic carbocycles. The van der Waals surface area contributed by atoms with Gasteiger partial charge in [0, 0.05) is 16.3 Å². The summed E-state index contributed by atoms with van der Waals surface area (Å²) in [6.45, 7) is 0. The molecule has 144 valence electrons. The Labute approximate surface area is 171 Å². The summed E-state index contributed by atoms with van der Waals surface area (Å²) in [5.41, 5.74) is 1.33. The number of rotatable bonds is 3. The zero-order valence-electron chi connectivity index (χ0n) is 15.0. The van der Waals surface area contributed by atoms with E-state index in [4.69, 9.17) is 11.6 Å². The van der Waals surface area contributed by atoms with Gasteiger partial charge in [0.15, 0.2) is 0 Å². The van der Waals surface area contributed by atoms with E-state index in [0.29, 0.717) is 21.8 Å². The average molecular weight is 408 g/mol. The maximum Gasteiger partial charge on any atom is 0.300 e. The minimum Gasteiger partial charge on any atom is -0.507 e. The van der Waals surface area contributed by atoms with Crippen LogP contribution in [0.2, 0.25) is 5.02 Å². The molecule has 0 saturated carbocycles. The zero-order chi connectivity index (χ0) is 20.5. The van der Waals surface area contributed by atoms with Gasteiger partial charge in [0.1, 0.15) is 11.6 Å². The molecule has 1 aliphatic rings. The quantitative estimate of drug-likeness (QED) is 0.373. The predicted octanol–water partition coefficient (Wildman–Crippen LogP) is 5.11. The van der Waals surface area contributed by atoms with E-state index in [0.717, 1.165) is 0 Å². The lowest BCUT2D eigenvalue weighted by Crippen LogP contribution is -2.29. The molecule has 1 saturated heterocycles. The zero-order valence-corrected chi connectivity index (χ0v) is 15.8. The fraction of sp³-hybridized carbons (Fsp3) is 0.0435. The van der Waals surface area contributed by atoms with Crippen LogP contribution in [0.5, 0.6) is 0 Å². The van der Waals surface area contributed by atoms with E-state index >= 15 is 0 Å². The van der Waals surface area contributed by atoms with Gasteiger partial charge in [-0.15, -0.1) is 0 Å². The van der Waals surface area contributed by atoms with E-state index < -0.39 is 23.5 Å². The molecule has 1 N–H and O–H groups in total. The van der Waals surface area contributed by atoms with Gasteiger partial charge in [-0.2, -0.15) is 0 Å². The molecule has 3 aromatic rings. The first-order valence-electron chi connectivity index (χ1n) is 8.85. The lowest BCUT2D eigenvalue weighted by atomic mass is 9.95. The molecule has 4 rings (SSSR count). The van der Waals surface area contributed by atoms with Crippen LogP contribution in [0.4, 0.5) is 10.1 Å². The minimum atomic E-state index is -0.877. The second-order valence-corrected chi connectivity index (χ2v) is 7.00. The highest BCUT2D eigenvalue weighted by atomic mass is 35.5. The fourth-order valence-corrected chi connectivity index (χ4v) is 3.54. The van der Waals surface area contributed by atoms with Gasteiger partial charge in [0.25, 0.3) is 11.7 Å². The van der Waals surface area contributed by atoms with Crippen LogP contribution in [0, 0.1) is 5.82 Å². The molecule has 0 radical (unpaired) electrons. The summed E-state index contributed by atoms with van der Waals surface area (Å²) in [6.07, 6.45) is 0. The van der Waals surface area contributed by atoms with Gasteiger partial charge in [-0.05, 0) is 42.0 Å². The Morgan fingerprint density at radius 1 is 0.897 bits per heavy atom. The number of hydrogen-bond acceptors (Lipinski definition) is 3. The maximum atomic E-state index is 13.4. The molecule has 1 fully saturated rings. The van der Waals surface area contributed by atoms with Crippen molar-refractivity contribution >= 4 is 34.7 Å². The summed E-state index contributed by atoms with van der Waals surface area (Å²) in [7, 11) is 0. The Morgan fingerprint density at radius 2 is 1.52 bits per heavy atom. The Balaban J connectivity index is 1.94. The van der Waals surface area contributed by atoms with Gasteiger partial charge in [-0.3, -0.25) is 14.5 Å². The number of ketones is 1. The van der Waals surface area contributed by atoms with Crippen LogP contribution in [0.25, 0.3) is 5.76 Å². The van der Waals surface area contributed by atoms with Gasteiger partial charge < -0.3 is 5.11 Å². The molecule has 0 spiro atoms. The smallest absolute Gasteiger partial charge is 0.300 e. The number of carbonyl (C=O) groups is 2. The molecule has 6 heteroatoms. The molecular weight excluding hydrogens is 393 g/mol. The third-order valence-corrected chi connectivity index (χ3v) is 5.03. The van der Waals surface area contributed by atoms with Crippen LogP contribution in [-0.2, 0) is 9.59 Å². The molecule has 1 amide bonds. The van der Waals surface area contributed by atoms with Crippen LogP contribution in [0.15, 0.2) is 84.4 Å². The first-order chi connectivity index (χ1) is 14.0. The molecule has 1 aliphatic heterocycles. The molecule has 0 aromatic heterocycles. The van der Waals surface area contributed by atoms with Gasteiger partial charge >= 0.3 is 0 Å². The molecule has 3 aromatic carbocycles. The van der Waals surface area contributed by atoms with E-state index in [-0.39, 0.29) is 11.3 Å². The molecule has 0 unspecified atom stereocenters. The van der Waals surface area contributed by atoms with Gasteiger partial charge in [0.05, 0.1) is 11.6 Å². The van der Waals surface area contributed by atoms with E-state index in [1.165, 1.54) is 29.2 Å². The van der Waals surface area contributed by atoms with Crippen molar-refractivity contribution in [3.8, 4) is 0 Å². The summed E-state index contributed by atoms with van der Waals surface area (Å²) >= 11 is 5.99. The van der Waals surface area contributed by atoms with Crippen molar-refractivity contribution in [3.63, 3.8) is 0 Å². The Kier molecular flexibility index (Phi) is 4.91. The van der Waals surface area contributed by atoms with Gasteiger partial charge in [-0.25, -0.2) is 4.39 Å². The van der Waals surface area contributed by atoms with Crippen molar-refractivity contribution in [2.45, 2.75) is 6.04 Å². The van der Waals surface area contributed by atoms with Crippen LogP contribution in [0.1, 0.15) is 17.2 Å². The van der Waals surface area contributed by atoms with Crippen LogP contribution in [0.3, 0.4) is 0 Å². The summed E-state index contributed by atoms with van der Waals surface area (Å²) in [4.78, 5) is 27.1. The second-order valence-electron chi connectivity index (χ2n) is 6.56. The number of carbonyl (C=O) groups excluding carboxylic acids is 2. The van der Waals surface area contributed by atoms with Crippen molar-refractivity contribution in [1.29, 1.82) is 0 Å². The Morgan fingerprint density at radius 3 is 2.14 bits per heavy atom. The number of halogens is 2. The Hall–Kier alpha value is -3.44.